The fraction of sp³-hybridized carbons (Fsp3) is 0.778. The van der Waals surface area contributed by atoms with E-state index in [2.05, 4.69) is 0 Å². The molecule has 0 fully saturated rings. The van der Waals surface area contributed by atoms with Gasteiger partial charge in [0.15, 0.2) is 0 Å². The third kappa shape index (κ3) is 8.31. The molecule has 0 saturated carbocycles. The van der Waals surface area contributed by atoms with Crippen molar-refractivity contribution >= 4 is 33.5 Å². The molecule has 0 aliphatic carbocycles. The first-order chi connectivity index (χ1) is 7.84. The second-order valence-electron chi connectivity index (χ2n) is 3.61. The summed E-state index contributed by atoms with van der Waals surface area (Å²) >= 11 is 0. The molecule has 8 heteroatoms. The molecule has 6 nitrogen and oxygen atoms in total. The summed E-state index contributed by atoms with van der Waals surface area (Å²) in [5.41, 5.74) is 10.9. The van der Waals surface area contributed by atoms with Crippen molar-refractivity contribution in [1.29, 1.82) is 0 Å². The van der Waals surface area contributed by atoms with E-state index in [1.54, 1.807) is 13.8 Å². The zero-order chi connectivity index (χ0) is 13.4. The van der Waals surface area contributed by atoms with Crippen molar-refractivity contribution in [2.75, 3.05) is 11.5 Å². The zero-order valence-corrected chi connectivity index (χ0v) is 11.4. The van der Waals surface area contributed by atoms with Crippen molar-refractivity contribution in [2.45, 2.75) is 32.0 Å². The molecule has 2 atom stereocenters. The molecule has 0 aromatic carbocycles. The summed E-state index contributed by atoms with van der Waals surface area (Å²) in [5.74, 6) is -0.855. The highest BCUT2D eigenvalue weighted by atomic mass is 33.1. The average Bonchev–Trinajstić information content (AvgIpc) is 2.22. The maximum Gasteiger partial charge on any atom is 0.324 e. The predicted molar refractivity (Wildman–Crippen MR) is 69.7 cm³/mol. The monoisotopic (exact) mass is 282 g/mol. The number of rotatable bonds is 8. The van der Waals surface area contributed by atoms with Gasteiger partial charge in [0.2, 0.25) is 0 Å². The number of ether oxygens (including phenoxy) is 1. The van der Waals surface area contributed by atoms with Crippen molar-refractivity contribution in [3.05, 3.63) is 0 Å². The maximum absolute atomic E-state index is 11.3. The van der Waals surface area contributed by atoms with Crippen molar-refractivity contribution in [3.63, 3.8) is 0 Å². The van der Waals surface area contributed by atoms with E-state index in [0.717, 1.165) is 0 Å². The fourth-order valence-electron chi connectivity index (χ4n) is 0.702. The van der Waals surface area contributed by atoms with Gasteiger partial charge >= 0.3 is 11.9 Å². The minimum absolute atomic E-state index is 0.188. The first-order valence-corrected chi connectivity index (χ1v) is 7.52. The van der Waals surface area contributed by atoms with Crippen LogP contribution in [0.25, 0.3) is 0 Å². The summed E-state index contributed by atoms with van der Waals surface area (Å²) in [6.07, 6.45) is -0.188. The van der Waals surface area contributed by atoms with Crippen LogP contribution in [0.4, 0.5) is 0 Å². The molecule has 0 rings (SSSR count). The maximum atomic E-state index is 11.3. The van der Waals surface area contributed by atoms with Gasteiger partial charge in [-0.15, -0.1) is 0 Å². The van der Waals surface area contributed by atoms with Gasteiger partial charge in [0.05, 0.1) is 6.10 Å². The van der Waals surface area contributed by atoms with E-state index in [9.17, 15) is 9.59 Å². The lowest BCUT2D eigenvalue weighted by atomic mass is 10.3. The van der Waals surface area contributed by atoms with E-state index < -0.39 is 24.0 Å². The standard InChI is InChI=1S/C9H18N2O4S2/c1-5(2)15-9(14)7(11)4-17-16-3-6(10)8(12)13/h5-7H,3-4,10-11H2,1-2H3,(H,12,13)/t6-,7-/m0/s1. The number of esters is 1. The molecule has 17 heavy (non-hydrogen) atoms. The van der Waals surface area contributed by atoms with Crippen LogP contribution in [0.2, 0.25) is 0 Å². The van der Waals surface area contributed by atoms with Crippen LogP contribution >= 0.6 is 21.6 Å². The third-order valence-electron chi connectivity index (χ3n) is 1.55. The molecule has 0 unspecified atom stereocenters. The van der Waals surface area contributed by atoms with Gasteiger partial charge in [-0.1, -0.05) is 21.6 Å². The number of carbonyl (C=O) groups is 2. The highest BCUT2D eigenvalue weighted by molar-refractivity contribution is 8.76. The Morgan fingerprint density at radius 3 is 2.06 bits per heavy atom. The van der Waals surface area contributed by atoms with Crippen LogP contribution in [-0.4, -0.2) is 46.7 Å². The molecule has 100 valence electrons. The summed E-state index contributed by atoms with van der Waals surface area (Å²) in [6.45, 7) is 3.50. The molecule has 0 aliphatic rings. The van der Waals surface area contributed by atoms with E-state index in [4.69, 9.17) is 21.3 Å². The number of hydrogen-bond acceptors (Lipinski definition) is 7. The highest BCUT2D eigenvalue weighted by Gasteiger charge is 2.17. The topological polar surface area (TPSA) is 116 Å². The third-order valence-corrected chi connectivity index (χ3v) is 4.02. The van der Waals surface area contributed by atoms with Crippen molar-refractivity contribution in [3.8, 4) is 0 Å². The summed E-state index contributed by atoms with van der Waals surface area (Å²) in [7, 11) is 2.59. The van der Waals surface area contributed by atoms with Crippen molar-refractivity contribution in [2.24, 2.45) is 11.5 Å². The lowest BCUT2D eigenvalue weighted by molar-refractivity contribution is -0.148. The van der Waals surface area contributed by atoms with Crippen LogP contribution < -0.4 is 11.5 Å². The number of carbonyl (C=O) groups excluding carboxylic acids is 1. The molecule has 0 spiro atoms. The Morgan fingerprint density at radius 2 is 1.65 bits per heavy atom. The van der Waals surface area contributed by atoms with Crippen molar-refractivity contribution in [1.82, 2.24) is 0 Å². The van der Waals surface area contributed by atoms with E-state index in [1.807, 2.05) is 0 Å². The second kappa shape index (κ2) is 8.62. The number of carboxylic acids is 1. The number of aliphatic carboxylic acids is 1. The lowest BCUT2D eigenvalue weighted by Crippen LogP contribution is -2.36. The Balaban J connectivity index is 3.67. The molecule has 0 amide bonds. The molecule has 0 heterocycles. The molecular weight excluding hydrogens is 264 g/mol. The minimum atomic E-state index is -1.04. The smallest absolute Gasteiger partial charge is 0.324 e. The molecule has 0 bridgehead atoms. The van der Waals surface area contributed by atoms with Gasteiger partial charge in [-0.05, 0) is 13.8 Å². The van der Waals surface area contributed by atoms with E-state index >= 15 is 0 Å². The Labute approximate surface area is 108 Å². The van der Waals surface area contributed by atoms with Crippen LogP contribution in [0.15, 0.2) is 0 Å². The summed E-state index contributed by atoms with van der Waals surface area (Å²) in [4.78, 5) is 21.7. The van der Waals surface area contributed by atoms with Gasteiger partial charge in [-0.25, -0.2) is 0 Å². The first-order valence-electron chi connectivity index (χ1n) is 5.03. The van der Waals surface area contributed by atoms with Gasteiger partial charge in [-0.3, -0.25) is 9.59 Å². The van der Waals surface area contributed by atoms with E-state index in [1.165, 1.54) is 21.6 Å². The minimum Gasteiger partial charge on any atom is -0.480 e. The first kappa shape index (κ1) is 16.6. The Kier molecular flexibility index (Phi) is 8.40. The van der Waals surface area contributed by atoms with Crippen LogP contribution in [0, 0.1) is 0 Å². The van der Waals surface area contributed by atoms with Crippen molar-refractivity contribution < 1.29 is 19.4 Å². The molecular formula is C9H18N2O4S2. The number of carboxylic acid groups (broad SMARTS) is 1. The quantitative estimate of drug-likeness (QED) is 0.325. The van der Waals surface area contributed by atoms with Gasteiger partial charge < -0.3 is 21.3 Å². The Hall–Kier alpha value is -0.440. The number of nitrogens with two attached hydrogens (primary N) is 2. The molecule has 0 aromatic heterocycles. The van der Waals surface area contributed by atoms with Gasteiger partial charge in [0.25, 0.3) is 0 Å². The van der Waals surface area contributed by atoms with E-state index in [0.29, 0.717) is 5.75 Å². The predicted octanol–water partition coefficient (Wildman–Crippen LogP) is 0.0586. The van der Waals surface area contributed by atoms with Gasteiger partial charge in [-0.2, -0.15) is 0 Å². The largest absolute Gasteiger partial charge is 0.480 e. The van der Waals surface area contributed by atoms with Crippen LogP contribution in [0.5, 0.6) is 0 Å². The summed E-state index contributed by atoms with van der Waals surface area (Å²) in [6, 6.07) is -1.60. The lowest BCUT2D eigenvalue weighted by Gasteiger charge is -2.13. The molecule has 5 N–H and O–H groups in total. The molecule has 0 aromatic rings. The zero-order valence-electron chi connectivity index (χ0n) is 9.79. The molecule has 0 radical (unpaired) electrons. The van der Waals surface area contributed by atoms with Crippen LogP contribution in [0.3, 0.4) is 0 Å². The molecule has 0 aliphatic heterocycles. The summed E-state index contributed by atoms with van der Waals surface area (Å²) in [5, 5.41) is 8.53. The Morgan fingerprint density at radius 1 is 1.18 bits per heavy atom. The average molecular weight is 282 g/mol. The second-order valence-corrected chi connectivity index (χ2v) is 6.16. The van der Waals surface area contributed by atoms with Crippen LogP contribution in [-0.2, 0) is 14.3 Å². The SMILES string of the molecule is CC(C)OC(=O)[C@@H](N)CSSC[C@H](N)C(=O)O. The molecule has 0 saturated heterocycles. The van der Waals surface area contributed by atoms with Crippen LogP contribution in [0.1, 0.15) is 13.8 Å². The van der Waals surface area contributed by atoms with Gasteiger partial charge in [0, 0.05) is 11.5 Å². The normalized spacial score (nSPS) is 14.4. The highest BCUT2D eigenvalue weighted by Crippen LogP contribution is 2.22. The summed E-state index contributed by atoms with van der Waals surface area (Å²) < 4.78 is 4.92. The van der Waals surface area contributed by atoms with Gasteiger partial charge in [0.1, 0.15) is 12.1 Å². The number of hydrogen-bond donors (Lipinski definition) is 3. The fourth-order valence-corrected chi connectivity index (χ4v) is 2.92. The Bertz CT molecular complexity index is 263. The van der Waals surface area contributed by atoms with E-state index in [-0.39, 0.29) is 11.9 Å².